The van der Waals surface area contributed by atoms with E-state index in [1.807, 2.05) is 0 Å². The monoisotopic (exact) mass is 287 g/mol. The minimum absolute atomic E-state index is 0.0769. The molecule has 0 aliphatic heterocycles. The third kappa shape index (κ3) is 4.21. The molecule has 6 heteroatoms. The summed E-state index contributed by atoms with van der Waals surface area (Å²) in [5.74, 6) is -1.47. The van der Waals surface area contributed by atoms with Crippen LogP contribution in [-0.2, 0) is 9.53 Å². The molecule has 1 aromatic carbocycles. The summed E-state index contributed by atoms with van der Waals surface area (Å²) in [5.41, 5.74) is 0.0769. The zero-order valence-corrected chi connectivity index (χ0v) is 11.5. The number of halogens is 2. The van der Waals surface area contributed by atoms with Gasteiger partial charge in [-0.1, -0.05) is 17.7 Å². The lowest BCUT2D eigenvalue weighted by atomic mass is 10.2. The lowest BCUT2D eigenvalue weighted by molar-refractivity contribution is -0.143. The van der Waals surface area contributed by atoms with Crippen LogP contribution in [-0.4, -0.2) is 37.0 Å². The van der Waals surface area contributed by atoms with Crippen LogP contribution in [0, 0.1) is 5.82 Å². The molecular weight excluding hydrogens is 273 g/mol. The van der Waals surface area contributed by atoms with E-state index >= 15 is 0 Å². The summed E-state index contributed by atoms with van der Waals surface area (Å²) in [6.45, 7) is 2.19. The highest BCUT2D eigenvalue weighted by molar-refractivity contribution is 6.33. The molecule has 0 N–H and O–H groups in total. The molecule has 1 amide bonds. The minimum atomic E-state index is -0.647. The standard InChI is InChI=1S/C13H15ClFNO3/c1-3-19-11(17)7-8-16(2)13(18)9-5-4-6-10(15)12(9)14/h4-6H,3,7-8H2,1-2H3. The molecule has 0 aliphatic rings. The zero-order chi connectivity index (χ0) is 14.4. The highest BCUT2D eigenvalue weighted by Gasteiger charge is 2.18. The van der Waals surface area contributed by atoms with E-state index in [1.54, 1.807) is 6.92 Å². The maximum Gasteiger partial charge on any atom is 0.307 e. The number of amides is 1. The quantitative estimate of drug-likeness (QED) is 0.782. The van der Waals surface area contributed by atoms with E-state index < -0.39 is 11.7 Å². The normalized spacial score (nSPS) is 10.1. The number of hydrogen-bond donors (Lipinski definition) is 0. The zero-order valence-electron chi connectivity index (χ0n) is 10.8. The molecule has 0 atom stereocenters. The van der Waals surface area contributed by atoms with E-state index in [0.29, 0.717) is 6.61 Å². The van der Waals surface area contributed by atoms with Crippen LogP contribution in [0.4, 0.5) is 4.39 Å². The summed E-state index contributed by atoms with van der Waals surface area (Å²) in [6, 6.07) is 4.03. The Morgan fingerprint density at radius 2 is 2.11 bits per heavy atom. The fourth-order valence-electron chi connectivity index (χ4n) is 1.47. The van der Waals surface area contributed by atoms with Crippen LogP contribution in [0.2, 0.25) is 5.02 Å². The van der Waals surface area contributed by atoms with Gasteiger partial charge in [-0.25, -0.2) is 4.39 Å². The second-order valence-corrected chi connectivity index (χ2v) is 4.26. The van der Waals surface area contributed by atoms with Gasteiger partial charge in [-0.15, -0.1) is 0 Å². The van der Waals surface area contributed by atoms with Gasteiger partial charge in [0.05, 0.1) is 23.6 Å². The second-order valence-electron chi connectivity index (χ2n) is 3.88. The molecule has 0 bridgehead atoms. The van der Waals surface area contributed by atoms with Crippen molar-refractivity contribution >= 4 is 23.5 Å². The highest BCUT2D eigenvalue weighted by Crippen LogP contribution is 2.20. The predicted molar refractivity (Wildman–Crippen MR) is 69.6 cm³/mol. The lowest BCUT2D eigenvalue weighted by Gasteiger charge is -2.17. The number of benzene rings is 1. The van der Waals surface area contributed by atoms with Crippen molar-refractivity contribution in [1.29, 1.82) is 0 Å². The van der Waals surface area contributed by atoms with Crippen LogP contribution in [0.3, 0.4) is 0 Å². The van der Waals surface area contributed by atoms with Crippen LogP contribution in [0.1, 0.15) is 23.7 Å². The van der Waals surface area contributed by atoms with E-state index in [9.17, 15) is 14.0 Å². The second kappa shape index (κ2) is 7.09. The average Bonchev–Trinajstić information content (AvgIpc) is 2.38. The van der Waals surface area contributed by atoms with Crippen LogP contribution in [0.5, 0.6) is 0 Å². The van der Waals surface area contributed by atoms with E-state index in [0.717, 1.165) is 0 Å². The fraction of sp³-hybridized carbons (Fsp3) is 0.385. The van der Waals surface area contributed by atoms with Gasteiger partial charge in [0.1, 0.15) is 5.82 Å². The number of carbonyl (C=O) groups is 2. The van der Waals surface area contributed by atoms with Crippen molar-refractivity contribution in [2.24, 2.45) is 0 Å². The van der Waals surface area contributed by atoms with Crippen molar-refractivity contribution < 1.29 is 18.7 Å². The molecule has 0 heterocycles. The van der Waals surface area contributed by atoms with E-state index in [1.165, 1.54) is 30.1 Å². The van der Waals surface area contributed by atoms with Crippen LogP contribution in [0.25, 0.3) is 0 Å². The number of rotatable bonds is 5. The molecule has 4 nitrogen and oxygen atoms in total. The number of carbonyl (C=O) groups excluding carboxylic acids is 2. The Morgan fingerprint density at radius 1 is 1.42 bits per heavy atom. The molecule has 0 saturated carbocycles. The van der Waals surface area contributed by atoms with Crippen molar-refractivity contribution in [3.63, 3.8) is 0 Å². The summed E-state index contributed by atoms with van der Waals surface area (Å²) in [7, 11) is 1.52. The molecular formula is C13H15ClFNO3. The first kappa shape index (κ1) is 15.4. The highest BCUT2D eigenvalue weighted by atomic mass is 35.5. The van der Waals surface area contributed by atoms with Crippen LogP contribution in [0.15, 0.2) is 18.2 Å². The van der Waals surface area contributed by atoms with Gasteiger partial charge in [-0.05, 0) is 19.1 Å². The summed E-state index contributed by atoms with van der Waals surface area (Å²) >= 11 is 5.73. The van der Waals surface area contributed by atoms with Gasteiger partial charge in [0.25, 0.3) is 5.91 Å². The molecule has 0 fully saturated rings. The lowest BCUT2D eigenvalue weighted by Crippen LogP contribution is -2.29. The Kier molecular flexibility index (Phi) is 5.76. The Hall–Kier alpha value is -1.62. The van der Waals surface area contributed by atoms with Gasteiger partial charge < -0.3 is 9.64 Å². The fourth-order valence-corrected chi connectivity index (χ4v) is 1.68. The Labute approximate surface area is 116 Å². The predicted octanol–water partition coefficient (Wildman–Crippen LogP) is 2.50. The van der Waals surface area contributed by atoms with E-state index in [-0.39, 0.29) is 29.5 Å². The maximum absolute atomic E-state index is 13.2. The number of nitrogens with zero attached hydrogens (tertiary/aromatic N) is 1. The van der Waals surface area contributed by atoms with Gasteiger partial charge in [0.15, 0.2) is 0 Å². The number of esters is 1. The molecule has 0 saturated heterocycles. The summed E-state index contributed by atoms with van der Waals surface area (Å²) in [4.78, 5) is 24.5. The largest absolute Gasteiger partial charge is 0.466 e. The van der Waals surface area contributed by atoms with Crippen molar-refractivity contribution in [3.05, 3.63) is 34.6 Å². The summed E-state index contributed by atoms with van der Waals surface area (Å²) < 4.78 is 18.0. The van der Waals surface area contributed by atoms with Gasteiger partial charge in [-0.2, -0.15) is 0 Å². The van der Waals surface area contributed by atoms with Gasteiger partial charge in [0.2, 0.25) is 0 Å². The van der Waals surface area contributed by atoms with E-state index in [2.05, 4.69) is 0 Å². The Balaban J connectivity index is 2.67. The molecule has 0 radical (unpaired) electrons. The molecule has 0 unspecified atom stereocenters. The average molecular weight is 288 g/mol. The Morgan fingerprint density at radius 3 is 2.74 bits per heavy atom. The number of ether oxygens (including phenoxy) is 1. The third-order valence-electron chi connectivity index (χ3n) is 2.49. The van der Waals surface area contributed by atoms with Crippen LogP contribution >= 0.6 is 11.6 Å². The van der Waals surface area contributed by atoms with Crippen molar-refractivity contribution in [2.45, 2.75) is 13.3 Å². The van der Waals surface area contributed by atoms with Gasteiger partial charge in [0, 0.05) is 13.6 Å². The van der Waals surface area contributed by atoms with E-state index in [4.69, 9.17) is 16.3 Å². The van der Waals surface area contributed by atoms with Crippen molar-refractivity contribution in [1.82, 2.24) is 4.90 Å². The molecule has 1 aromatic rings. The topological polar surface area (TPSA) is 46.6 Å². The molecule has 19 heavy (non-hydrogen) atoms. The van der Waals surface area contributed by atoms with Crippen molar-refractivity contribution in [3.8, 4) is 0 Å². The van der Waals surface area contributed by atoms with Gasteiger partial charge >= 0.3 is 5.97 Å². The third-order valence-corrected chi connectivity index (χ3v) is 2.87. The Bertz CT molecular complexity index is 479. The molecule has 0 aliphatic carbocycles. The first-order chi connectivity index (χ1) is 8.97. The minimum Gasteiger partial charge on any atom is -0.466 e. The molecule has 0 aromatic heterocycles. The number of hydrogen-bond acceptors (Lipinski definition) is 3. The molecule has 0 spiro atoms. The SMILES string of the molecule is CCOC(=O)CCN(C)C(=O)c1cccc(F)c1Cl. The van der Waals surface area contributed by atoms with Crippen LogP contribution < -0.4 is 0 Å². The van der Waals surface area contributed by atoms with Crippen molar-refractivity contribution in [2.75, 3.05) is 20.2 Å². The molecule has 104 valence electrons. The first-order valence-electron chi connectivity index (χ1n) is 5.82. The smallest absolute Gasteiger partial charge is 0.307 e. The summed E-state index contributed by atoms with van der Waals surface area (Å²) in [5, 5.41) is -0.213. The molecule has 1 rings (SSSR count). The van der Waals surface area contributed by atoms with Gasteiger partial charge in [-0.3, -0.25) is 9.59 Å². The maximum atomic E-state index is 13.2. The summed E-state index contributed by atoms with van der Waals surface area (Å²) in [6.07, 6.45) is 0.0863. The first-order valence-corrected chi connectivity index (χ1v) is 6.20.